The topological polar surface area (TPSA) is 65.5 Å². The first-order valence-corrected chi connectivity index (χ1v) is 5.35. The summed E-state index contributed by atoms with van der Waals surface area (Å²) in [5.74, 6) is -0.188. The second-order valence-electron chi connectivity index (χ2n) is 3.94. The van der Waals surface area contributed by atoms with Crippen LogP contribution in [0.3, 0.4) is 0 Å². The molecule has 1 aromatic heterocycles. The average Bonchev–Trinajstić information content (AvgIpc) is 2.29. The highest BCUT2D eigenvalue weighted by Crippen LogP contribution is 2.18. The van der Waals surface area contributed by atoms with Crippen LogP contribution in [0.4, 0.5) is 0 Å². The van der Waals surface area contributed by atoms with E-state index in [2.05, 4.69) is 10.3 Å². The monoisotopic (exact) mass is 221 g/mol. The SMILES string of the molecule is C[C@@H]1CNCCN1C(=O)c1ccncc1O. The van der Waals surface area contributed by atoms with Crippen molar-refractivity contribution in [2.45, 2.75) is 13.0 Å². The van der Waals surface area contributed by atoms with Crippen LogP contribution in [0.25, 0.3) is 0 Å². The lowest BCUT2D eigenvalue weighted by Crippen LogP contribution is -2.52. The Bertz CT molecular complexity index is 395. The summed E-state index contributed by atoms with van der Waals surface area (Å²) in [7, 11) is 0. The molecular weight excluding hydrogens is 206 g/mol. The Labute approximate surface area is 94.1 Å². The van der Waals surface area contributed by atoms with Gasteiger partial charge >= 0.3 is 0 Å². The maximum absolute atomic E-state index is 12.1. The molecule has 16 heavy (non-hydrogen) atoms. The number of amides is 1. The minimum Gasteiger partial charge on any atom is -0.505 e. The van der Waals surface area contributed by atoms with Crippen LogP contribution in [0.2, 0.25) is 0 Å². The van der Waals surface area contributed by atoms with Crippen LogP contribution in [-0.2, 0) is 0 Å². The molecule has 1 aliphatic rings. The Morgan fingerprint density at radius 3 is 3.19 bits per heavy atom. The highest BCUT2D eigenvalue weighted by Gasteiger charge is 2.25. The Balaban J connectivity index is 2.21. The smallest absolute Gasteiger partial charge is 0.258 e. The van der Waals surface area contributed by atoms with Gasteiger partial charge < -0.3 is 15.3 Å². The third-order valence-corrected chi connectivity index (χ3v) is 2.79. The number of pyridine rings is 1. The summed E-state index contributed by atoms with van der Waals surface area (Å²) in [4.78, 5) is 17.7. The molecule has 86 valence electrons. The Morgan fingerprint density at radius 2 is 2.50 bits per heavy atom. The number of nitrogens with zero attached hydrogens (tertiary/aromatic N) is 2. The molecule has 5 heteroatoms. The predicted octanol–water partition coefficient (Wildman–Crippen LogP) is 0.221. The number of rotatable bonds is 1. The van der Waals surface area contributed by atoms with Gasteiger partial charge in [-0.05, 0) is 13.0 Å². The van der Waals surface area contributed by atoms with Crippen LogP contribution in [-0.4, -0.2) is 46.6 Å². The number of piperazine rings is 1. The first kappa shape index (κ1) is 10.9. The fourth-order valence-corrected chi connectivity index (χ4v) is 1.86. The van der Waals surface area contributed by atoms with Crippen molar-refractivity contribution in [3.05, 3.63) is 24.0 Å². The summed E-state index contributed by atoms with van der Waals surface area (Å²) in [6.45, 7) is 4.24. The molecule has 1 saturated heterocycles. The number of hydrogen-bond donors (Lipinski definition) is 2. The van der Waals surface area contributed by atoms with Gasteiger partial charge in [-0.15, -0.1) is 0 Å². The molecule has 1 aromatic rings. The van der Waals surface area contributed by atoms with Gasteiger partial charge in [0.2, 0.25) is 0 Å². The summed E-state index contributed by atoms with van der Waals surface area (Å²) in [6, 6.07) is 1.70. The van der Waals surface area contributed by atoms with Crippen molar-refractivity contribution in [3.63, 3.8) is 0 Å². The van der Waals surface area contributed by atoms with Gasteiger partial charge in [0.1, 0.15) is 5.75 Å². The van der Waals surface area contributed by atoms with Gasteiger partial charge in [0.05, 0.1) is 11.8 Å². The fourth-order valence-electron chi connectivity index (χ4n) is 1.86. The molecule has 5 nitrogen and oxygen atoms in total. The molecule has 0 radical (unpaired) electrons. The molecule has 1 amide bonds. The van der Waals surface area contributed by atoms with Crippen LogP contribution < -0.4 is 5.32 Å². The van der Waals surface area contributed by atoms with Crippen LogP contribution >= 0.6 is 0 Å². The van der Waals surface area contributed by atoms with Crippen molar-refractivity contribution in [3.8, 4) is 5.75 Å². The van der Waals surface area contributed by atoms with Gasteiger partial charge in [0.25, 0.3) is 5.91 Å². The zero-order valence-electron chi connectivity index (χ0n) is 9.18. The zero-order valence-corrected chi connectivity index (χ0v) is 9.18. The van der Waals surface area contributed by atoms with E-state index in [1.165, 1.54) is 12.4 Å². The molecule has 2 rings (SSSR count). The van der Waals surface area contributed by atoms with Gasteiger partial charge in [0.15, 0.2) is 0 Å². The second-order valence-corrected chi connectivity index (χ2v) is 3.94. The maximum Gasteiger partial charge on any atom is 0.258 e. The van der Waals surface area contributed by atoms with E-state index in [0.29, 0.717) is 12.1 Å². The van der Waals surface area contributed by atoms with Gasteiger partial charge in [-0.2, -0.15) is 0 Å². The molecule has 0 saturated carbocycles. The Hall–Kier alpha value is -1.62. The standard InChI is InChI=1S/C11H15N3O2/c1-8-6-13-4-5-14(8)11(16)9-2-3-12-7-10(9)15/h2-3,7-8,13,15H,4-6H2,1H3/t8-/m1/s1. The van der Waals surface area contributed by atoms with Gasteiger partial charge in [-0.1, -0.05) is 0 Å². The molecule has 1 fully saturated rings. The third-order valence-electron chi connectivity index (χ3n) is 2.79. The minimum atomic E-state index is -0.131. The Kier molecular flexibility index (Phi) is 3.05. The third kappa shape index (κ3) is 1.99. The zero-order chi connectivity index (χ0) is 11.5. The highest BCUT2D eigenvalue weighted by atomic mass is 16.3. The molecule has 2 heterocycles. The first-order chi connectivity index (χ1) is 7.70. The number of carbonyl (C=O) groups excluding carboxylic acids is 1. The summed E-state index contributed by atoms with van der Waals surface area (Å²) in [5.41, 5.74) is 0.323. The van der Waals surface area contributed by atoms with Gasteiger partial charge in [-0.25, -0.2) is 0 Å². The normalized spacial score (nSPS) is 20.8. The lowest BCUT2D eigenvalue weighted by atomic mass is 10.1. The molecular formula is C11H15N3O2. The van der Waals surface area contributed by atoms with Crippen molar-refractivity contribution in [2.75, 3.05) is 19.6 Å². The number of nitrogens with one attached hydrogen (secondary N) is 1. The van der Waals surface area contributed by atoms with Crippen LogP contribution in [0.1, 0.15) is 17.3 Å². The summed E-state index contributed by atoms with van der Waals surface area (Å²) >= 11 is 0. The van der Waals surface area contributed by atoms with Crippen LogP contribution in [0, 0.1) is 0 Å². The average molecular weight is 221 g/mol. The number of aromatic nitrogens is 1. The molecule has 0 unspecified atom stereocenters. The van der Waals surface area contributed by atoms with Gasteiger partial charge in [0, 0.05) is 31.9 Å². The first-order valence-electron chi connectivity index (χ1n) is 5.35. The summed E-state index contributed by atoms with van der Waals surface area (Å²) < 4.78 is 0. The number of hydrogen-bond acceptors (Lipinski definition) is 4. The summed E-state index contributed by atoms with van der Waals surface area (Å²) in [6.07, 6.45) is 2.81. The fraction of sp³-hybridized carbons (Fsp3) is 0.455. The van der Waals surface area contributed by atoms with E-state index in [1.54, 1.807) is 11.0 Å². The maximum atomic E-state index is 12.1. The molecule has 0 aromatic carbocycles. The van der Waals surface area contributed by atoms with Crippen molar-refractivity contribution < 1.29 is 9.90 Å². The lowest BCUT2D eigenvalue weighted by Gasteiger charge is -2.34. The molecule has 0 spiro atoms. The van der Waals surface area contributed by atoms with E-state index in [4.69, 9.17) is 0 Å². The highest BCUT2D eigenvalue weighted by molar-refractivity contribution is 5.96. The van der Waals surface area contributed by atoms with Crippen molar-refractivity contribution in [1.82, 2.24) is 15.2 Å². The molecule has 1 atom stereocenters. The van der Waals surface area contributed by atoms with Crippen molar-refractivity contribution in [1.29, 1.82) is 0 Å². The largest absolute Gasteiger partial charge is 0.505 e. The molecule has 0 aliphatic carbocycles. The lowest BCUT2D eigenvalue weighted by molar-refractivity contribution is 0.0652. The molecule has 1 aliphatic heterocycles. The van der Waals surface area contributed by atoms with E-state index in [1.807, 2.05) is 6.92 Å². The van der Waals surface area contributed by atoms with E-state index in [-0.39, 0.29) is 17.7 Å². The molecule has 2 N–H and O–H groups in total. The van der Waals surface area contributed by atoms with Crippen LogP contribution in [0.5, 0.6) is 5.75 Å². The van der Waals surface area contributed by atoms with Crippen molar-refractivity contribution >= 4 is 5.91 Å². The van der Waals surface area contributed by atoms with Crippen LogP contribution in [0.15, 0.2) is 18.5 Å². The second kappa shape index (κ2) is 4.49. The number of carbonyl (C=O) groups is 1. The van der Waals surface area contributed by atoms with E-state index in [0.717, 1.165) is 13.1 Å². The number of aromatic hydroxyl groups is 1. The van der Waals surface area contributed by atoms with E-state index >= 15 is 0 Å². The van der Waals surface area contributed by atoms with E-state index in [9.17, 15) is 9.90 Å². The van der Waals surface area contributed by atoms with Gasteiger partial charge in [-0.3, -0.25) is 9.78 Å². The summed E-state index contributed by atoms with van der Waals surface area (Å²) in [5, 5.41) is 12.8. The van der Waals surface area contributed by atoms with E-state index < -0.39 is 0 Å². The van der Waals surface area contributed by atoms with Crippen molar-refractivity contribution in [2.24, 2.45) is 0 Å². The molecule has 0 bridgehead atoms. The Morgan fingerprint density at radius 1 is 1.69 bits per heavy atom. The minimum absolute atomic E-state index is 0.0572. The predicted molar refractivity (Wildman–Crippen MR) is 59.3 cm³/mol. The quantitative estimate of drug-likeness (QED) is 0.712.